The Balaban J connectivity index is 1.64. The van der Waals surface area contributed by atoms with Gasteiger partial charge in [-0.2, -0.15) is 5.10 Å². The number of hydrogen-bond donors (Lipinski definition) is 1. The molecule has 27 heavy (non-hydrogen) atoms. The SMILES string of the molecule is C/C(=N/NC(=O)COc1ccc2c(C)cc(=O)oc2c1)c1ccccc1Cl. The molecular formula is C20H17ClN2O4. The summed E-state index contributed by atoms with van der Waals surface area (Å²) >= 11 is 6.10. The monoisotopic (exact) mass is 384 g/mol. The molecule has 0 aliphatic rings. The first-order chi connectivity index (χ1) is 12.9. The third-order valence-corrected chi connectivity index (χ3v) is 4.23. The molecule has 1 amide bonds. The molecule has 1 N–H and O–H groups in total. The van der Waals surface area contributed by atoms with E-state index in [0.717, 1.165) is 16.5 Å². The second kappa shape index (κ2) is 8.05. The summed E-state index contributed by atoms with van der Waals surface area (Å²) in [5, 5.41) is 5.40. The smallest absolute Gasteiger partial charge is 0.336 e. The number of carbonyl (C=O) groups is 1. The van der Waals surface area contributed by atoms with Crippen molar-refractivity contribution in [3.05, 3.63) is 75.1 Å². The third kappa shape index (κ3) is 4.54. The number of halogens is 1. The zero-order chi connectivity index (χ0) is 19.4. The van der Waals surface area contributed by atoms with Gasteiger partial charge in [0.05, 0.1) is 5.71 Å². The van der Waals surface area contributed by atoms with Crippen molar-refractivity contribution in [1.82, 2.24) is 5.43 Å². The summed E-state index contributed by atoms with van der Waals surface area (Å²) in [6.45, 7) is 3.34. The fraction of sp³-hybridized carbons (Fsp3) is 0.150. The summed E-state index contributed by atoms with van der Waals surface area (Å²) in [5.74, 6) is -0.00889. The van der Waals surface area contributed by atoms with Gasteiger partial charge in [0, 0.05) is 28.1 Å². The van der Waals surface area contributed by atoms with Gasteiger partial charge in [-0.05, 0) is 37.6 Å². The topological polar surface area (TPSA) is 80.9 Å². The molecule has 0 atom stereocenters. The van der Waals surface area contributed by atoms with Crippen LogP contribution < -0.4 is 15.8 Å². The Morgan fingerprint density at radius 1 is 1.22 bits per heavy atom. The van der Waals surface area contributed by atoms with E-state index in [0.29, 0.717) is 22.1 Å². The fourth-order valence-corrected chi connectivity index (χ4v) is 2.81. The van der Waals surface area contributed by atoms with Crippen LogP contribution >= 0.6 is 11.6 Å². The van der Waals surface area contributed by atoms with Gasteiger partial charge in [-0.15, -0.1) is 0 Å². The maximum Gasteiger partial charge on any atom is 0.336 e. The first-order valence-electron chi connectivity index (χ1n) is 8.19. The number of aryl methyl sites for hydroxylation is 1. The number of hydrogen-bond acceptors (Lipinski definition) is 5. The van der Waals surface area contributed by atoms with E-state index in [-0.39, 0.29) is 6.61 Å². The standard InChI is InChI=1S/C20H17ClN2O4/c1-12-9-20(25)27-18-10-14(7-8-15(12)18)26-11-19(24)23-22-13(2)16-5-3-4-6-17(16)21/h3-10H,11H2,1-2H3,(H,23,24)/b22-13-. The van der Waals surface area contributed by atoms with Gasteiger partial charge < -0.3 is 9.15 Å². The highest BCUT2D eigenvalue weighted by atomic mass is 35.5. The summed E-state index contributed by atoms with van der Waals surface area (Å²) in [6.07, 6.45) is 0. The first kappa shape index (κ1) is 18.7. The molecule has 138 valence electrons. The van der Waals surface area contributed by atoms with Crippen LogP contribution in [0.5, 0.6) is 5.75 Å². The maximum atomic E-state index is 12.0. The van der Waals surface area contributed by atoms with Crippen molar-refractivity contribution in [2.45, 2.75) is 13.8 Å². The van der Waals surface area contributed by atoms with Gasteiger partial charge >= 0.3 is 5.63 Å². The second-order valence-electron chi connectivity index (χ2n) is 5.91. The second-order valence-corrected chi connectivity index (χ2v) is 6.31. The van der Waals surface area contributed by atoms with Gasteiger partial charge in [-0.25, -0.2) is 10.2 Å². The molecule has 0 unspecified atom stereocenters. The molecule has 1 heterocycles. The number of carbonyl (C=O) groups excluding carboxylic acids is 1. The molecule has 0 fully saturated rings. The van der Waals surface area contributed by atoms with Crippen LogP contribution in [-0.2, 0) is 4.79 Å². The van der Waals surface area contributed by atoms with Gasteiger partial charge in [0.1, 0.15) is 11.3 Å². The van der Waals surface area contributed by atoms with Crippen molar-refractivity contribution in [3.8, 4) is 5.75 Å². The van der Waals surface area contributed by atoms with Gasteiger partial charge in [0.15, 0.2) is 6.61 Å². The Morgan fingerprint density at radius 2 is 2.00 bits per heavy atom. The molecule has 1 aromatic heterocycles. The Labute approximate surface area is 160 Å². The number of benzene rings is 2. The number of rotatable bonds is 5. The molecular weight excluding hydrogens is 368 g/mol. The van der Waals surface area contributed by atoms with E-state index >= 15 is 0 Å². The molecule has 2 aromatic carbocycles. The molecule has 0 bridgehead atoms. The summed E-state index contributed by atoms with van der Waals surface area (Å²) in [4.78, 5) is 23.4. The van der Waals surface area contributed by atoms with E-state index in [1.54, 1.807) is 31.2 Å². The molecule has 0 saturated heterocycles. The number of fused-ring (bicyclic) bond motifs is 1. The van der Waals surface area contributed by atoms with Crippen LogP contribution in [0, 0.1) is 6.92 Å². The summed E-state index contributed by atoms with van der Waals surface area (Å²) in [7, 11) is 0. The van der Waals surface area contributed by atoms with E-state index in [1.807, 2.05) is 25.1 Å². The van der Waals surface area contributed by atoms with Crippen LogP contribution in [0.1, 0.15) is 18.1 Å². The van der Waals surface area contributed by atoms with Gasteiger partial charge in [0.2, 0.25) is 0 Å². The number of nitrogens with one attached hydrogen (secondary N) is 1. The lowest BCUT2D eigenvalue weighted by Gasteiger charge is -2.07. The average Bonchev–Trinajstić information content (AvgIpc) is 2.64. The van der Waals surface area contributed by atoms with Crippen LogP contribution in [0.3, 0.4) is 0 Å². The maximum absolute atomic E-state index is 12.0. The van der Waals surface area contributed by atoms with Crippen molar-refractivity contribution in [1.29, 1.82) is 0 Å². The number of amides is 1. The van der Waals surface area contributed by atoms with E-state index in [2.05, 4.69) is 10.5 Å². The highest BCUT2D eigenvalue weighted by Crippen LogP contribution is 2.22. The fourth-order valence-electron chi connectivity index (χ4n) is 2.54. The van der Waals surface area contributed by atoms with Crippen LogP contribution in [-0.4, -0.2) is 18.2 Å². The van der Waals surface area contributed by atoms with E-state index in [9.17, 15) is 9.59 Å². The van der Waals surface area contributed by atoms with Crippen molar-refractivity contribution in [2.75, 3.05) is 6.61 Å². The van der Waals surface area contributed by atoms with Crippen molar-refractivity contribution < 1.29 is 13.9 Å². The van der Waals surface area contributed by atoms with E-state index < -0.39 is 11.5 Å². The third-order valence-electron chi connectivity index (χ3n) is 3.90. The average molecular weight is 385 g/mol. The quantitative estimate of drug-likeness (QED) is 0.413. The Bertz CT molecular complexity index is 1090. The summed E-state index contributed by atoms with van der Waals surface area (Å²) in [6, 6.07) is 13.7. The molecule has 6 nitrogen and oxygen atoms in total. The molecule has 7 heteroatoms. The molecule has 0 spiro atoms. The Hall–Kier alpha value is -3.12. The normalized spacial score (nSPS) is 11.4. The van der Waals surface area contributed by atoms with Crippen molar-refractivity contribution >= 4 is 34.2 Å². The van der Waals surface area contributed by atoms with E-state index in [1.165, 1.54) is 6.07 Å². The highest BCUT2D eigenvalue weighted by molar-refractivity contribution is 6.34. The lowest BCUT2D eigenvalue weighted by atomic mass is 10.1. The molecule has 3 rings (SSSR count). The predicted molar refractivity (Wildman–Crippen MR) is 105 cm³/mol. The van der Waals surface area contributed by atoms with Crippen LogP contribution in [0.2, 0.25) is 5.02 Å². The number of ether oxygens (including phenoxy) is 1. The largest absolute Gasteiger partial charge is 0.484 e. The van der Waals surface area contributed by atoms with Crippen LogP contribution in [0.4, 0.5) is 0 Å². The highest BCUT2D eigenvalue weighted by Gasteiger charge is 2.07. The predicted octanol–water partition coefficient (Wildman–Crippen LogP) is 3.67. The molecule has 0 aliphatic carbocycles. The summed E-state index contributed by atoms with van der Waals surface area (Å²) in [5.41, 5.74) is 4.53. The van der Waals surface area contributed by atoms with E-state index in [4.69, 9.17) is 20.8 Å². The molecule has 3 aromatic rings. The molecule has 0 radical (unpaired) electrons. The zero-order valence-corrected chi connectivity index (χ0v) is 15.5. The van der Waals surface area contributed by atoms with Crippen molar-refractivity contribution in [2.24, 2.45) is 5.10 Å². The minimum absolute atomic E-state index is 0.235. The summed E-state index contributed by atoms with van der Waals surface area (Å²) < 4.78 is 10.6. The number of nitrogens with zero attached hydrogens (tertiary/aromatic N) is 1. The zero-order valence-electron chi connectivity index (χ0n) is 14.8. The molecule has 0 saturated carbocycles. The van der Waals surface area contributed by atoms with Crippen LogP contribution in [0.25, 0.3) is 11.0 Å². The first-order valence-corrected chi connectivity index (χ1v) is 8.57. The lowest BCUT2D eigenvalue weighted by Crippen LogP contribution is -2.25. The molecule has 0 aliphatic heterocycles. The minimum atomic E-state index is -0.431. The Morgan fingerprint density at radius 3 is 2.78 bits per heavy atom. The lowest BCUT2D eigenvalue weighted by molar-refractivity contribution is -0.123. The van der Waals surface area contributed by atoms with Crippen molar-refractivity contribution in [3.63, 3.8) is 0 Å². The van der Waals surface area contributed by atoms with Gasteiger partial charge in [0.25, 0.3) is 5.91 Å². The number of hydrazone groups is 1. The van der Waals surface area contributed by atoms with Gasteiger partial charge in [-0.3, -0.25) is 4.79 Å². The van der Waals surface area contributed by atoms with Gasteiger partial charge in [-0.1, -0.05) is 29.8 Å². The Kier molecular flexibility index (Phi) is 5.57. The minimum Gasteiger partial charge on any atom is -0.484 e. The van der Waals surface area contributed by atoms with Crippen LogP contribution in [0.15, 0.2) is 62.8 Å².